The van der Waals surface area contributed by atoms with Gasteiger partial charge in [0.25, 0.3) is 0 Å². The molecule has 0 spiro atoms. The van der Waals surface area contributed by atoms with Gasteiger partial charge in [0.15, 0.2) is 0 Å². The summed E-state index contributed by atoms with van der Waals surface area (Å²) >= 11 is 1.76. The zero-order chi connectivity index (χ0) is 13.0. The number of benzene rings is 1. The molecule has 1 atom stereocenters. The Morgan fingerprint density at radius 3 is 2.89 bits per heavy atom. The van der Waals surface area contributed by atoms with Crippen molar-refractivity contribution >= 4 is 23.4 Å². The SMILES string of the molecule is CNCc1ccccc1NC(=O)C1(C)CCCS1. The van der Waals surface area contributed by atoms with Gasteiger partial charge in [0.2, 0.25) is 5.91 Å². The average Bonchev–Trinajstić information content (AvgIpc) is 2.80. The quantitative estimate of drug-likeness (QED) is 0.878. The van der Waals surface area contributed by atoms with Crippen molar-refractivity contribution in [2.75, 3.05) is 18.1 Å². The molecule has 0 saturated carbocycles. The van der Waals surface area contributed by atoms with E-state index < -0.39 is 0 Å². The number of rotatable bonds is 4. The molecule has 18 heavy (non-hydrogen) atoms. The molecule has 1 amide bonds. The second-order valence-electron chi connectivity index (χ2n) is 4.82. The topological polar surface area (TPSA) is 41.1 Å². The lowest BCUT2D eigenvalue weighted by Gasteiger charge is -2.22. The first-order valence-electron chi connectivity index (χ1n) is 6.33. The molecule has 0 bridgehead atoms. The number of hydrogen-bond donors (Lipinski definition) is 2. The molecule has 4 heteroatoms. The number of carbonyl (C=O) groups excluding carboxylic acids is 1. The molecule has 1 aliphatic heterocycles. The third-order valence-electron chi connectivity index (χ3n) is 3.33. The van der Waals surface area contributed by atoms with E-state index in [0.29, 0.717) is 0 Å². The maximum absolute atomic E-state index is 12.3. The van der Waals surface area contributed by atoms with Crippen molar-refractivity contribution < 1.29 is 4.79 Å². The molecule has 1 unspecified atom stereocenters. The first kappa shape index (κ1) is 13.4. The molecule has 2 N–H and O–H groups in total. The summed E-state index contributed by atoms with van der Waals surface area (Å²) in [4.78, 5) is 12.3. The second kappa shape index (κ2) is 5.76. The highest BCUT2D eigenvalue weighted by Crippen LogP contribution is 2.38. The fourth-order valence-corrected chi connectivity index (χ4v) is 3.41. The van der Waals surface area contributed by atoms with Gasteiger partial charge in [-0.2, -0.15) is 0 Å². The van der Waals surface area contributed by atoms with Crippen LogP contribution in [0.25, 0.3) is 0 Å². The largest absolute Gasteiger partial charge is 0.325 e. The van der Waals surface area contributed by atoms with Gasteiger partial charge in [0.05, 0.1) is 4.75 Å². The molecule has 0 radical (unpaired) electrons. The fourth-order valence-electron chi connectivity index (χ4n) is 2.20. The Hall–Kier alpha value is -1.000. The molecule has 98 valence electrons. The normalized spacial score (nSPS) is 23.0. The van der Waals surface area contributed by atoms with Crippen LogP contribution in [0.5, 0.6) is 0 Å². The van der Waals surface area contributed by atoms with E-state index in [1.165, 1.54) is 0 Å². The number of amides is 1. The third-order valence-corrected chi connectivity index (χ3v) is 4.85. The number of para-hydroxylation sites is 1. The van der Waals surface area contributed by atoms with Crippen molar-refractivity contribution in [2.24, 2.45) is 0 Å². The Labute approximate surface area is 113 Å². The van der Waals surface area contributed by atoms with Crippen LogP contribution in [0.4, 0.5) is 5.69 Å². The van der Waals surface area contributed by atoms with E-state index in [-0.39, 0.29) is 10.7 Å². The molecule has 1 heterocycles. The summed E-state index contributed by atoms with van der Waals surface area (Å²) < 4.78 is -0.257. The monoisotopic (exact) mass is 264 g/mol. The lowest BCUT2D eigenvalue weighted by Crippen LogP contribution is -2.35. The van der Waals surface area contributed by atoms with Crippen LogP contribution in [0.2, 0.25) is 0 Å². The fraction of sp³-hybridized carbons (Fsp3) is 0.500. The second-order valence-corrected chi connectivity index (χ2v) is 6.42. The standard InChI is InChI=1S/C14H20N2OS/c1-14(8-5-9-18-14)13(17)16-12-7-4-3-6-11(12)10-15-2/h3-4,6-7,15H,5,8-10H2,1-2H3,(H,16,17). The van der Waals surface area contributed by atoms with E-state index in [1.807, 2.05) is 38.2 Å². The Morgan fingerprint density at radius 2 is 2.22 bits per heavy atom. The number of hydrogen-bond acceptors (Lipinski definition) is 3. The summed E-state index contributed by atoms with van der Waals surface area (Å²) in [7, 11) is 1.91. The highest BCUT2D eigenvalue weighted by Gasteiger charge is 2.37. The Morgan fingerprint density at radius 1 is 1.44 bits per heavy atom. The van der Waals surface area contributed by atoms with Crippen molar-refractivity contribution in [3.8, 4) is 0 Å². The van der Waals surface area contributed by atoms with E-state index in [9.17, 15) is 4.79 Å². The van der Waals surface area contributed by atoms with Gasteiger partial charge in [0.1, 0.15) is 0 Å². The van der Waals surface area contributed by atoms with Gasteiger partial charge < -0.3 is 10.6 Å². The van der Waals surface area contributed by atoms with Crippen LogP contribution in [-0.4, -0.2) is 23.5 Å². The van der Waals surface area contributed by atoms with Crippen molar-refractivity contribution in [3.63, 3.8) is 0 Å². The predicted molar refractivity (Wildman–Crippen MR) is 77.9 cm³/mol. The molecule has 1 aromatic rings. The number of nitrogens with one attached hydrogen (secondary N) is 2. The van der Waals surface area contributed by atoms with Gasteiger partial charge in [0, 0.05) is 12.2 Å². The van der Waals surface area contributed by atoms with Gasteiger partial charge in [-0.15, -0.1) is 11.8 Å². The molecule has 0 aromatic heterocycles. The maximum Gasteiger partial charge on any atom is 0.240 e. The summed E-state index contributed by atoms with van der Waals surface area (Å²) in [5.74, 6) is 1.22. The summed E-state index contributed by atoms with van der Waals surface area (Å²) in [5, 5.41) is 6.20. The average molecular weight is 264 g/mol. The van der Waals surface area contributed by atoms with Crippen molar-refractivity contribution in [2.45, 2.75) is 31.1 Å². The molecule has 1 saturated heterocycles. The van der Waals surface area contributed by atoms with Crippen LogP contribution in [0.15, 0.2) is 24.3 Å². The van der Waals surface area contributed by atoms with Gasteiger partial charge in [-0.3, -0.25) is 4.79 Å². The molecular formula is C14H20N2OS. The Kier molecular flexibility index (Phi) is 4.30. The molecule has 1 fully saturated rings. The minimum atomic E-state index is -0.257. The Balaban J connectivity index is 2.11. The van der Waals surface area contributed by atoms with Crippen LogP contribution in [-0.2, 0) is 11.3 Å². The van der Waals surface area contributed by atoms with Crippen molar-refractivity contribution in [1.29, 1.82) is 0 Å². The first-order valence-corrected chi connectivity index (χ1v) is 7.32. The van der Waals surface area contributed by atoms with E-state index in [2.05, 4.69) is 10.6 Å². The first-order chi connectivity index (χ1) is 8.65. The van der Waals surface area contributed by atoms with Gasteiger partial charge in [-0.1, -0.05) is 18.2 Å². The van der Waals surface area contributed by atoms with Gasteiger partial charge >= 0.3 is 0 Å². The van der Waals surface area contributed by atoms with Crippen LogP contribution in [0.1, 0.15) is 25.3 Å². The summed E-state index contributed by atoms with van der Waals surface area (Å²) in [6.45, 7) is 2.81. The number of anilines is 1. The predicted octanol–water partition coefficient (Wildman–Crippen LogP) is 2.63. The molecule has 0 aliphatic carbocycles. The van der Waals surface area contributed by atoms with Crippen LogP contribution in [0.3, 0.4) is 0 Å². The van der Waals surface area contributed by atoms with Gasteiger partial charge in [-0.05, 0) is 44.2 Å². The van der Waals surface area contributed by atoms with Crippen molar-refractivity contribution in [1.82, 2.24) is 5.32 Å². The van der Waals surface area contributed by atoms with Gasteiger partial charge in [-0.25, -0.2) is 0 Å². The Bertz CT molecular complexity index is 428. The highest BCUT2D eigenvalue weighted by molar-refractivity contribution is 8.01. The van der Waals surface area contributed by atoms with Crippen LogP contribution >= 0.6 is 11.8 Å². The summed E-state index contributed by atoms with van der Waals surface area (Å²) in [6.07, 6.45) is 2.10. The van der Waals surface area contributed by atoms with E-state index in [1.54, 1.807) is 11.8 Å². The lowest BCUT2D eigenvalue weighted by molar-refractivity contribution is -0.118. The van der Waals surface area contributed by atoms with E-state index in [0.717, 1.165) is 36.4 Å². The summed E-state index contributed by atoms with van der Waals surface area (Å²) in [6, 6.07) is 7.96. The van der Waals surface area contributed by atoms with E-state index in [4.69, 9.17) is 0 Å². The maximum atomic E-state index is 12.3. The minimum Gasteiger partial charge on any atom is -0.325 e. The molecule has 2 rings (SSSR count). The van der Waals surface area contributed by atoms with Crippen molar-refractivity contribution in [3.05, 3.63) is 29.8 Å². The molecule has 1 aromatic carbocycles. The zero-order valence-electron chi connectivity index (χ0n) is 11.0. The highest BCUT2D eigenvalue weighted by atomic mass is 32.2. The minimum absolute atomic E-state index is 0.133. The van der Waals surface area contributed by atoms with Crippen LogP contribution < -0.4 is 10.6 Å². The smallest absolute Gasteiger partial charge is 0.240 e. The number of carbonyl (C=O) groups is 1. The number of thioether (sulfide) groups is 1. The van der Waals surface area contributed by atoms with E-state index >= 15 is 0 Å². The van der Waals surface area contributed by atoms with Crippen LogP contribution in [0, 0.1) is 0 Å². The molecular weight excluding hydrogens is 244 g/mol. The summed E-state index contributed by atoms with van der Waals surface area (Å²) in [5.41, 5.74) is 2.05. The molecule has 1 aliphatic rings. The lowest BCUT2D eigenvalue weighted by atomic mass is 10.0. The molecule has 3 nitrogen and oxygen atoms in total. The third kappa shape index (κ3) is 2.87. The zero-order valence-corrected chi connectivity index (χ0v) is 11.8.